The van der Waals surface area contributed by atoms with Crippen molar-refractivity contribution in [1.29, 1.82) is 0 Å². The number of hydrogen-bond donors (Lipinski definition) is 2. The molecule has 0 saturated heterocycles. The van der Waals surface area contributed by atoms with Crippen LogP contribution in [0.3, 0.4) is 0 Å². The number of phenols is 2. The summed E-state index contributed by atoms with van der Waals surface area (Å²) in [5, 5.41) is 20.8. The molecule has 2 aromatic carbocycles. The zero-order valence-electron chi connectivity index (χ0n) is 11.5. The molecule has 1 aromatic heterocycles. The van der Waals surface area contributed by atoms with E-state index in [-0.39, 0.29) is 11.5 Å². The van der Waals surface area contributed by atoms with E-state index in [0.717, 1.165) is 24.0 Å². The quantitative estimate of drug-likeness (QED) is 0.763. The number of aromatic nitrogens is 2. The monoisotopic (exact) mass is 302 g/mol. The maximum Gasteiger partial charge on any atom is 0.148 e. The number of aromatic hydroxyl groups is 2. The van der Waals surface area contributed by atoms with Crippen LogP contribution in [-0.4, -0.2) is 19.8 Å². The molecule has 0 radical (unpaired) electrons. The average molecular weight is 303 g/mol. The second-order valence-corrected chi connectivity index (χ2v) is 5.33. The third-order valence-corrected chi connectivity index (χ3v) is 3.64. The van der Waals surface area contributed by atoms with E-state index in [1.807, 2.05) is 16.7 Å². The Morgan fingerprint density at radius 1 is 1.14 bits per heavy atom. The van der Waals surface area contributed by atoms with E-state index in [4.69, 9.17) is 11.6 Å². The maximum absolute atomic E-state index is 10.1. The van der Waals surface area contributed by atoms with Gasteiger partial charge in [-0.05, 0) is 36.8 Å². The number of nitrogens with zero attached hydrogens (tertiary/aromatic N) is 2. The lowest BCUT2D eigenvalue weighted by Crippen LogP contribution is -2.00. The van der Waals surface area contributed by atoms with Gasteiger partial charge in [0.05, 0.1) is 11.0 Å². The van der Waals surface area contributed by atoms with Crippen LogP contribution in [0.15, 0.2) is 36.4 Å². The third kappa shape index (κ3) is 2.32. The van der Waals surface area contributed by atoms with Gasteiger partial charge < -0.3 is 14.8 Å². The lowest BCUT2D eigenvalue weighted by atomic mass is 10.1. The molecule has 0 atom stereocenters. The van der Waals surface area contributed by atoms with E-state index < -0.39 is 0 Å². The average Bonchev–Trinajstić information content (AvgIpc) is 2.77. The van der Waals surface area contributed by atoms with Crippen LogP contribution in [0.25, 0.3) is 22.4 Å². The van der Waals surface area contributed by atoms with Crippen molar-refractivity contribution >= 4 is 22.6 Å². The number of imidazole rings is 1. The van der Waals surface area contributed by atoms with Crippen molar-refractivity contribution in [1.82, 2.24) is 9.55 Å². The van der Waals surface area contributed by atoms with Gasteiger partial charge in [-0.1, -0.05) is 24.6 Å². The van der Waals surface area contributed by atoms with Gasteiger partial charge in [0.25, 0.3) is 0 Å². The number of phenolic OH excluding ortho intramolecular Hbond substituents is 2. The van der Waals surface area contributed by atoms with Crippen molar-refractivity contribution in [2.24, 2.45) is 0 Å². The molecule has 21 heavy (non-hydrogen) atoms. The van der Waals surface area contributed by atoms with Crippen LogP contribution in [0, 0.1) is 0 Å². The minimum atomic E-state index is 0.00811. The molecule has 2 N–H and O–H groups in total. The first-order valence-corrected chi connectivity index (χ1v) is 7.16. The van der Waals surface area contributed by atoms with E-state index in [2.05, 4.69) is 11.9 Å². The summed E-state index contributed by atoms with van der Waals surface area (Å²) in [5.74, 6) is 0.562. The van der Waals surface area contributed by atoms with E-state index in [9.17, 15) is 10.2 Å². The molecule has 0 aliphatic rings. The first-order valence-electron chi connectivity index (χ1n) is 6.79. The second-order valence-electron chi connectivity index (χ2n) is 4.89. The highest BCUT2D eigenvalue weighted by Gasteiger charge is 2.18. The van der Waals surface area contributed by atoms with Gasteiger partial charge in [-0.2, -0.15) is 0 Å². The van der Waals surface area contributed by atoms with Crippen LogP contribution >= 0.6 is 11.6 Å². The molecule has 5 heteroatoms. The van der Waals surface area contributed by atoms with E-state index in [1.165, 1.54) is 12.1 Å². The molecule has 108 valence electrons. The van der Waals surface area contributed by atoms with Crippen molar-refractivity contribution in [3.63, 3.8) is 0 Å². The van der Waals surface area contributed by atoms with Crippen molar-refractivity contribution in [3.05, 3.63) is 41.4 Å². The molecule has 0 unspecified atom stereocenters. The summed E-state index contributed by atoms with van der Waals surface area (Å²) >= 11 is 6.02. The van der Waals surface area contributed by atoms with Gasteiger partial charge in [0.2, 0.25) is 0 Å². The van der Waals surface area contributed by atoms with Crippen LogP contribution in [0.5, 0.6) is 11.5 Å². The number of rotatable bonds is 3. The van der Waals surface area contributed by atoms with Crippen LogP contribution in [0.4, 0.5) is 0 Å². The fourth-order valence-electron chi connectivity index (χ4n) is 2.50. The number of fused-ring (bicyclic) bond motifs is 1. The zero-order valence-corrected chi connectivity index (χ0v) is 12.3. The Labute approximate surface area is 127 Å². The van der Waals surface area contributed by atoms with Gasteiger partial charge >= 0.3 is 0 Å². The zero-order chi connectivity index (χ0) is 15.0. The third-order valence-electron chi connectivity index (χ3n) is 3.40. The highest BCUT2D eigenvalue weighted by Crippen LogP contribution is 2.38. The molecular weight excluding hydrogens is 288 g/mol. The predicted molar refractivity (Wildman–Crippen MR) is 83.8 cm³/mol. The number of aryl methyl sites for hydroxylation is 1. The Bertz CT molecular complexity index is 791. The summed E-state index contributed by atoms with van der Waals surface area (Å²) in [5.41, 5.74) is 2.02. The number of halogens is 1. The summed E-state index contributed by atoms with van der Waals surface area (Å²) in [6, 6.07) is 10.2. The molecule has 1 heterocycles. The molecular formula is C16H15ClN2O2. The molecule has 0 saturated carbocycles. The van der Waals surface area contributed by atoms with Crippen LogP contribution < -0.4 is 0 Å². The Balaban J connectivity index is 2.33. The Kier molecular flexibility index (Phi) is 3.47. The first kappa shape index (κ1) is 13.8. The van der Waals surface area contributed by atoms with Crippen molar-refractivity contribution in [3.8, 4) is 22.9 Å². The summed E-state index contributed by atoms with van der Waals surface area (Å²) in [4.78, 5) is 4.54. The highest BCUT2D eigenvalue weighted by atomic mass is 35.5. The summed E-state index contributed by atoms with van der Waals surface area (Å²) in [6.07, 6.45) is 0.912. The molecule has 4 nitrogen and oxygen atoms in total. The predicted octanol–water partition coefficient (Wildman–Crippen LogP) is 4.18. The number of hydrogen-bond acceptors (Lipinski definition) is 3. The smallest absolute Gasteiger partial charge is 0.148 e. The summed E-state index contributed by atoms with van der Waals surface area (Å²) < 4.78 is 1.99. The molecule has 0 aliphatic carbocycles. The summed E-state index contributed by atoms with van der Waals surface area (Å²) in [6.45, 7) is 2.80. The van der Waals surface area contributed by atoms with E-state index in [1.54, 1.807) is 12.1 Å². The van der Waals surface area contributed by atoms with Gasteiger partial charge in [-0.3, -0.25) is 0 Å². The minimum absolute atomic E-state index is 0.00811. The largest absolute Gasteiger partial charge is 0.507 e. The van der Waals surface area contributed by atoms with Crippen LogP contribution in [0.2, 0.25) is 5.02 Å². The minimum Gasteiger partial charge on any atom is -0.507 e. The standard InChI is InChI=1S/C16H15ClN2O2/c1-2-8-19-12-7-6-10(17)9-11(12)18-16(19)15-13(20)4-3-5-14(15)21/h3-7,9,20-21H,2,8H2,1H3. The topological polar surface area (TPSA) is 58.3 Å². The van der Waals surface area contributed by atoms with Gasteiger partial charge in [0.15, 0.2) is 0 Å². The van der Waals surface area contributed by atoms with Crippen molar-refractivity contribution < 1.29 is 10.2 Å². The molecule has 0 fully saturated rings. The fourth-order valence-corrected chi connectivity index (χ4v) is 2.67. The van der Waals surface area contributed by atoms with Gasteiger partial charge in [-0.25, -0.2) is 4.98 Å². The normalized spacial score (nSPS) is 11.1. The first-order chi connectivity index (χ1) is 10.1. The lowest BCUT2D eigenvalue weighted by Gasteiger charge is -2.10. The maximum atomic E-state index is 10.1. The van der Waals surface area contributed by atoms with Gasteiger partial charge in [0.1, 0.15) is 22.9 Å². The van der Waals surface area contributed by atoms with Gasteiger partial charge in [0, 0.05) is 11.6 Å². The molecule has 3 rings (SSSR count). The number of benzene rings is 2. The highest BCUT2D eigenvalue weighted by molar-refractivity contribution is 6.31. The lowest BCUT2D eigenvalue weighted by molar-refractivity contribution is 0.452. The Morgan fingerprint density at radius 3 is 2.52 bits per heavy atom. The second kappa shape index (κ2) is 5.30. The molecule has 0 bridgehead atoms. The SMILES string of the molecule is CCCn1c(-c2c(O)cccc2O)nc2cc(Cl)ccc21. The summed E-state index contributed by atoms with van der Waals surface area (Å²) in [7, 11) is 0. The van der Waals surface area contributed by atoms with Crippen molar-refractivity contribution in [2.75, 3.05) is 0 Å². The van der Waals surface area contributed by atoms with Crippen LogP contribution in [0.1, 0.15) is 13.3 Å². The van der Waals surface area contributed by atoms with E-state index in [0.29, 0.717) is 16.4 Å². The molecule has 0 spiro atoms. The Morgan fingerprint density at radius 2 is 1.86 bits per heavy atom. The van der Waals surface area contributed by atoms with Crippen molar-refractivity contribution in [2.45, 2.75) is 19.9 Å². The van der Waals surface area contributed by atoms with Gasteiger partial charge in [-0.15, -0.1) is 0 Å². The fraction of sp³-hybridized carbons (Fsp3) is 0.188. The molecule has 3 aromatic rings. The Hall–Kier alpha value is -2.20. The molecule has 0 aliphatic heterocycles. The van der Waals surface area contributed by atoms with E-state index >= 15 is 0 Å². The molecule has 0 amide bonds. The van der Waals surface area contributed by atoms with Crippen LogP contribution in [-0.2, 0) is 6.54 Å².